The van der Waals surface area contributed by atoms with Gasteiger partial charge in [0.05, 0.1) is 12.7 Å². The number of hydrogen-bond acceptors (Lipinski definition) is 3. The summed E-state index contributed by atoms with van der Waals surface area (Å²) >= 11 is 6.04. The first-order chi connectivity index (χ1) is 10.6. The zero-order valence-corrected chi connectivity index (χ0v) is 13.1. The van der Waals surface area contributed by atoms with Crippen LogP contribution in [0.3, 0.4) is 0 Å². The van der Waals surface area contributed by atoms with E-state index in [1.165, 1.54) is 7.11 Å². The van der Waals surface area contributed by atoms with Gasteiger partial charge in [0, 0.05) is 10.6 Å². The Morgan fingerprint density at radius 1 is 1.18 bits per heavy atom. The fraction of sp³-hybridized carbons (Fsp3) is 0.167. The summed E-state index contributed by atoms with van der Waals surface area (Å²) in [6.45, 7) is 2.52. The molecule has 0 aliphatic carbocycles. The van der Waals surface area contributed by atoms with Gasteiger partial charge in [0.1, 0.15) is 12.4 Å². The van der Waals surface area contributed by atoms with E-state index in [0.717, 1.165) is 28.0 Å². The van der Waals surface area contributed by atoms with Crippen molar-refractivity contribution in [3.8, 4) is 5.75 Å². The first kappa shape index (κ1) is 14.7. The van der Waals surface area contributed by atoms with E-state index < -0.39 is 0 Å². The molecule has 0 fully saturated rings. The second-order valence-electron chi connectivity index (χ2n) is 5.09. The maximum atomic E-state index is 11.8. The smallest absolute Gasteiger partial charge is 0.337 e. The predicted molar refractivity (Wildman–Crippen MR) is 86.5 cm³/mol. The van der Waals surface area contributed by atoms with Crippen LogP contribution in [0.5, 0.6) is 5.75 Å². The van der Waals surface area contributed by atoms with Crippen LogP contribution in [-0.4, -0.2) is 19.7 Å². The summed E-state index contributed by atoms with van der Waals surface area (Å²) in [5, 5.41) is 0.706. The zero-order valence-electron chi connectivity index (χ0n) is 12.4. The third-order valence-corrected chi connectivity index (χ3v) is 3.93. The van der Waals surface area contributed by atoms with Gasteiger partial charge in [-0.05, 0) is 60.0 Å². The molecule has 0 amide bonds. The lowest BCUT2D eigenvalue weighted by Gasteiger charge is -2.21. The molecule has 2 aromatic rings. The van der Waals surface area contributed by atoms with Gasteiger partial charge in [-0.2, -0.15) is 0 Å². The van der Waals surface area contributed by atoms with E-state index in [1.807, 2.05) is 31.2 Å². The van der Waals surface area contributed by atoms with Crippen LogP contribution >= 0.6 is 11.6 Å². The van der Waals surface area contributed by atoms with Crippen LogP contribution in [0.4, 0.5) is 0 Å². The molecule has 4 heteroatoms. The van der Waals surface area contributed by atoms with Crippen LogP contribution in [0.2, 0.25) is 5.02 Å². The molecule has 0 saturated carbocycles. The summed E-state index contributed by atoms with van der Waals surface area (Å²) in [4.78, 5) is 11.8. The second-order valence-corrected chi connectivity index (χ2v) is 5.53. The molecule has 0 atom stereocenters. The third kappa shape index (κ3) is 2.60. The molecule has 1 aliphatic rings. The van der Waals surface area contributed by atoms with Crippen LogP contribution in [0, 0.1) is 6.92 Å². The molecular formula is C18H15ClO3. The first-order valence-electron chi connectivity index (χ1n) is 6.92. The third-order valence-electron chi connectivity index (χ3n) is 3.70. The lowest BCUT2D eigenvalue weighted by atomic mass is 9.91. The Labute approximate surface area is 134 Å². The van der Waals surface area contributed by atoms with Gasteiger partial charge < -0.3 is 9.47 Å². The molecule has 0 saturated heterocycles. The van der Waals surface area contributed by atoms with Crippen molar-refractivity contribution in [2.75, 3.05) is 13.7 Å². The maximum Gasteiger partial charge on any atom is 0.337 e. The van der Waals surface area contributed by atoms with Crippen molar-refractivity contribution in [3.63, 3.8) is 0 Å². The minimum atomic E-state index is -0.361. The van der Waals surface area contributed by atoms with Crippen LogP contribution in [0.1, 0.15) is 27.0 Å². The van der Waals surface area contributed by atoms with Gasteiger partial charge in [-0.15, -0.1) is 0 Å². The molecule has 112 valence electrons. The first-order valence-corrected chi connectivity index (χ1v) is 7.30. The Morgan fingerprint density at radius 3 is 2.73 bits per heavy atom. The molecule has 0 aromatic heterocycles. The van der Waals surface area contributed by atoms with E-state index in [9.17, 15) is 4.79 Å². The van der Waals surface area contributed by atoms with Crippen molar-refractivity contribution in [1.82, 2.24) is 0 Å². The summed E-state index contributed by atoms with van der Waals surface area (Å²) in [6.07, 6.45) is 2.01. The normalized spacial score (nSPS) is 13.0. The van der Waals surface area contributed by atoms with Gasteiger partial charge in [0.2, 0.25) is 0 Å². The van der Waals surface area contributed by atoms with Crippen molar-refractivity contribution in [3.05, 3.63) is 69.8 Å². The summed E-state index contributed by atoms with van der Waals surface area (Å²) in [7, 11) is 1.37. The number of halogens is 1. The quantitative estimate of drug-likeness (QED) is 0.777. The number of rotatable bonds is 2. The molecule has 2 aromatic carbocycles. The Kier molecular flexibility index (Phi) is 3.90. The summed E-state index contributed by atoms with van der Waals surface area (Å²) in [5.74, 6) is 0.403. The van der Waals surface area contributed by atoms with Crippen molar-refractivity contribution in [2.45, 2.75) is 6.92 Å². The average molecular weight is 315 g/mol. The minimum Gasteiger partial charge on any atom is -0.489 e. The van der Waals surface area contributed by atoms with E-state index in [1.54, 1.807) is 18.2 Å². The van der Waals surface area contributed by atoms with Gasteiger partial charge in [-0.1, -0.05) is 17.7 Å². The number of methoxy groups -OCH3 is 1. The Bertz CT molecular complexity index is 778. The molecule has 0 N–H and O–H groups in total. The number of carbonyl (C=O) groups is 1. The van der Waals surface area contributed by atoms with E-state index in [0.29, 0.717) is 17.2 Å². The molecule has 22 heavy (non-hydrogen) atoms. The van der Waals surface area contributed by atoms with Gasteiger partial charge in [0.25, 0.3) is 0 Å². The van der Waals surface area contributed by atoms with Crippen molar-refractivity contribution in [1.29, 1.82) is 0 Å². The highest BCUT2D eigenvalue weighted by atomic mass is 35.5. The largest absolute Gasteiger partial charge is 0.489 e. The zero-order chi connectivity index (χ0) is 15.7. The van der Waals surface area contributed by atoms with Crippen LogP contribution in [-0.2, 0) is 4.74 Å². The number of aryl methyl sites for hydroxylation is 1. The molecule has 0 spiro atoms. The molecule has 0 bridgehead atoms. The fourth-order valence-corrected chi connectivity index (χ4v) is 2.85. The number of hydrogen-bond donors (Lipinski definition) is 0. The molecule has 3 rings (SSSR count). The van der Waals surface area contributed by atoms with E-state index in [4.69, 9.17) is 21.1 Å². The van der Waals surface area contributed by atoms with Crippen molar-refractivity contribution >= 4 is 23.1 Å². The van der Waals surface area contributed by atoms with Crippen LogP contribution in [0.25, 0.3) is 5.57 Å². The van der Waals surface area contributed by atoms with Crippen LogP contribution < -0.4 is 4.74 Å². The second kappa shape index (κ2) is 5.85. The van der Waals surface area contributed by atoms with Gasteiger partial charge in [-0.3, -0.25) is 0 Å². The van der Waals surface area contributed by atoms with Gasteiger partial charge in [0.15, 0.2) is 0 Å². The van der Waals surface area contributed by atoms with Crippen molar-refractivity contribution in [2.24, 2.45) is 0 Å². The molecule has 3 nitrogen and oxygen atoms in total. The Morgan fingerprint density at radius 2 is 2.00 bits per heavy atom. The molecular weight excluding hydrogens is 300 g/mol. The average Bonchev–Trinajstić information content (AvgIpc) is 2.53. The number of esters is 1. The number of fused-ring (bicyclic) bond motifs is 1. The maximum absolute atomic E-state index is 11.8. The number of benzene rings is 2. The summed E-state index contributed by atoms with van der Waals surface area (Å²) in [5.41, 5.74) is 4.59. The SMILES string of the molecule is COC(=O)c1ccc2c(c1)C(c1ccc(Cl)cc1C)=CCO2. The molecule has 1 heterocycles. The Hall–Kier alpha value is -2.26. The predicted octanol–water partition coefficient (Wildman–Crippen LogP) is 4.26. The monoisotopic (exact) mass is 314 g/mol. The molecule has 0 radical (unpaired) electrons. The van der Waals surface area contributed by atoms with Crippen LogP contribution in [0.15, 0.2) is 42.5 Å². The lowest BCUT2D eigenvalue weighted by Crippen LogP contribution is -2.09. The molecule has 0 unspecified atom stereocenters. The standard InChI is InChI=1S/C18H15ClO3/c1-11-9-13(19)4-5-14(11)15-7-8-22-17-6-3-12(10-16(15)17)18(20)21-2/h3-7,9-10H,8H2,1-2H3. The van der Waals surface area contributed by atoms with Gasteiger partial charge >= 0.3 is 5.97 Å². The van der Waals surface area contributed by atoms with Crippen molar-refractivity contribution < 1.29 is 14.3 Å². The summed E-state index contributed by atoms with van der Waals surface area (Å²) in [6, 6.07) is 11.1. The fourth-order valence-electron chi connectivity index (χ4n) is 2.62. The van der Waals surface area contributed by atoms with E-state index in [2.05, 4.69) is 0 Å². The summed E-state index contributed by atoms with van der Waals surface area (Å²) < 4.78 is 10.4. The van der Waals surface area contributed by atoms with E-state index >= 15 is 0 Å². The van der Waals surface area contributed by atoms with Gasteiger partial charge in [-0.25, -0.2) is 4.79 Å². The lowest BCUT2D eigenvalue weighted by molar-refractivity contribution is 0.0600. The van der Waals surface area contributed by atoms with E-state index in [-0.39, 0.29) is 5.97 Å². The topological polar surface area (TPSA) is 35.5 Å². The molecule has 1 aliphatic heterocycles. The highest BCUT2D eigenvalue weighted by molar-refractivity contribution is 6.30. The minimum absolute atomic E-state index is 0.361. The number of carbonyl (C=O) groups excluding carboxylic acids is 1. The Balaban J connectivity index is 2.12. The highest BCUT2D eigenvalue weighted by Gasteiger charge is 2.19. The highest BCUT2D eigenvalue weighted by Crippen LogP contribution is 2.36. The number of ether oxygens (including phenoxy) is 2.